The second-order valence-corrected chi connectivity index (χ2v) is 6.91. The van der Waals surface area contributed by atoms with Crippen molar-refractivity contribution in [2.75, 3.05) is 19.8 Å². The molecule has 0 aromatic carbocycles. The van der Waals surface area contributed by atoms with Crippen LogP contribution in [-0.2, 0) is 33.3 Å². The summed E-state index contributed by atoms with van der Waals surface area (Å²) in [6.07, 6.45) is -1.80. The highest BCUT2D eigenvalue weighted by Crippen LogP contribution is 2.36. The fourth-order valence-corrected chi connectivity index (χ4v) is 3.13. The fraction of sp³-hybridized carbons (Fsp3) is 0.833. The van der Waals surface area contributed by atoms with Crippen LogP contribution in [0.25, 0.3) is 0 Å². The van der Waals surface area contributed by atoms with Crippen LogP contribution in [-0.4, -0.2) is 56.1 Å². The van der Waals surface area contributed by atoms with Crippen LogP contribution in [0, 0.1) is 17.8 Å². The molecular weight excluding hydrogens is 342 g/mol. The van der Waals surface area contributed by atoms with E-state index in [4.69, 9.17) is 18.9 Å². The average molecular weight is 373 g/mol. The van der Waals surface area contributed by atoms with Crippen LogP contribution in [0.2, 0.25) is 0 Å². The van der Waals surface area contributed by atoms with Gasteiger partial charge in [-0.05, 0) is 5.92 Å². The van der Waals surface area contributed by atoms with Crippen molar-refractivity contribution in [3.63, 3.8) is 0 Å². The largest absolute Gasteiger partial charge is 0.456 e. The smallest absolute Gasteiger partial charge is 0.305 e. The van der Waals surface area contributed by atoms with E-state index in [0.717, 1.165) is 0 Å². The van der Waals surface area contributed by atoms with Gasteiger partial charge in [0.25, 0.3) is 0 Å². The molecule has 3 unspecified atom stereocenters. The van der Waals surface area contributed by atoms with Crippen LogP contribution in [0.5, 0.6) is 0 Å². The van der Waals surface area contributed by atoms with Crippen molar-refractivity contribution >= 4 is 17.8 Å². The molecule has 0 spiro atoms. The Hall–Kier alpha value is -1.67. The van der Waals surface area contributed by atoms with E-state index in [1.54, 1.807) is 0 Å². The lowest BCUT2D eigenvalue weighted by molar-refractivity contribution is -0.275. The SMILES string of the molecule is CC(=O)NCCOC[C@@H](C)C1OC(OC(C)=O)C(OC(C)=O)[C@@H](C)[C@@H]1C. The molecule has 1 saturated heterocycles. The van der Waals surface area contributed by atoms with Crippen molar-refractivity contribution in [2.24, 2.45) is 17.8 Å². The summed E-state index contributed by atoms with van der Waals surface area (Å²) in [5.74, 6) is -0.986. The van der Waals surface area contributed by atoms with Gasteiger partial charge in [-0.25, -0.2) is 0 Å². The van der Waals surface area contributed by atoms with Gasteiger partial charge in [-0.1, -0.05) is 20.8 Å². The number of hydrogen-bond acceptors (Lipinski definition) is 7. The van der Waals surface area contributed by atoms with Gasteiger partial charge in [-0.2, -0.15) is 0 Å². The molecule has 0 aromatic heterocycles. The number of ether oxygens (including phenoxy) is 4. The molecule has 0 radical (unpaired) electrons. The Labute approximate surface area is 154 Å². The molecular formula is C18H31NO7. The molecule has 0 bridgehead atoms. The Morgan fingerprint density at radius 3 is 2.19 bits per heavy atom. The Morgan fingerprint density at radius 1 is 1.04 bits per heavy atom. The average Bonchev–Trinajstić information content (AvgIpc) is 2.52. The summed E-state index contributed by atoms with van der Waals surface area (Å²) in [6, 6.07) is 0. The molecule has 0 aliphatic carbocycles. The maximum absolute atomic E-state index is 11.4. The zero-order valence-electron chi connectivity index (χ0n) is 16.4. The maximum atomic E-state index is 11.4. The summed E-state index contributed by atoms with van der Waals surface area (Å²) in [5, 5.41) is 2.67. The molecule has 1 aliphatic rings. The second kappa shape index (κ2) is 10.5. The third kappa shape index (κ3) is 6.92. The molecule has 150 valence electrons. The third-order valence-corrected chi connectivity index (χ3v) is 4.57. The molecule has 8 heteroatoms. The summed E-state index contributed by atoms with van der Waals surface area (Å²) in [5.41, 5.74) is 0. The van der Waals surface area contributed by atoms with Gasteiger partial charge < -0.3 is 24.3 Å². The molecule has 0 saturated carbocycles. The van der Waals surface area contributed by atoms with Crippen molar-refractivity contribution in [1.82, 2.24) is 5.32 Å². The topological polar surface area (TPSA) is 100 Å². The molecule has 1 fully saturated rings. The highest BCUT2D eigenvalue weighted by molar-refractivity contribution is 5.72. The predicted molar refractivity (Wildman–Crippen MR) is 93.0 cm³/mol. The van der Waals surface area contributed by atoms with Crippen LogP contribution < -0.4 is 5.32 Å². The number of carbonyl (C=O) groups is 3. The van der Waals surface area contributed by atoms with E-state index in [9.17, 15) is 14.4 Å². The van der Waals surface area contributed by atoms with Crippen LogP contribution in [0.4, 0.5) is 0 Å². The number of rotatable bonds is 8. The molecule has 26 heavy (non-hydrogen) atoms. The second-order valence-electron chi connectivity index (χ2n) is 6.91. The summed E-state index contributed by atoms with van der Waals surface area (Å²) >= 11 is 0. The van der Waals surface area contributed by atoms with Crippen molar-refractivity contribution in [1.29, 1.82) is 0 Å². The Kier molecular flexibility index (Phi) is 9.01. The Bertz CT molecular complexity index is 496. The van der Waals surface area contributed by atoms with Gasteiger partial charge in [0.15, 0.2) is 6.10 Å². The molecule has 1 amide bonds. The number of hydrogen-bond donors (Lipinski definition) is 1. The Morgan fingerprint density at radius 2 is 1.65 bits per heavy atom. The van der Waals surface area contributed by atoms with E-state index in [1.165, 1.54) is 20.8 Å². The summed E-state index contributed by atoms with van der Waals surface area (Å²) < 4.78 is 22.2. The number of esters is 2. The van der Waals surface area contributed by atoms with Crippen molar-refractivity contribution in [3.8, 4) is 0 Å². The summed E-state index contributed by atoms with van der Waals surface area (Å²) in [6.45, 7) is 11.3. The first-order chi connectivity index (χ1) is 12.1. The minimum Gasteiger partial charge on any atom is -0.456 e. The van der Waals surface area contributed by atoms with Crippen LogP contribution in [0.3, 0.4) is 0 Å². The predicted octanol–water partition coefficient (Wildman–Crippen LogP) is 1.27. The zero-order chi connectivity index (χ0) is 19.9. The standard InChI is InChI=1S/C18H31NO7/c1-10(9-23-8-7-19-13(4)20)16-11(2)12(3)17(24-14(5)21)18(26-16)25-15(6)22/h10-12,16-18H,7-9H2,1-6H3,(H,19,20)/t10-,11+,12+,16?,17?,18?/m1/s1. The van der Waals surface area contributed by atoms with Gasteiger partial charge in [0, 0.05) is 39.2 Å². The summed E-state index contributed by atoms with van der Waals surface area (Å²) in [7, 11) is 0. The van der Waals surface area contributed by atoms with Crippen LogP contribution in [0.15, 0.2) is 0 Å². The lowest BCUT2D eigenvalue weighted by Crippen LogP contribution is -2.54. The van der Waals surface area contributed by atoms with Gasteiger partial charge in [0.05, 0.1) is 19.3 Å². The van der Waals surface area contributed by atoms with E-state index in [1.807, 2.05) is 20.8 Å². The van der Waals surface area contributed by atoms with Crippen molar-refractivity contribution in [3.05, 3.63) is 0 Å². The van der Waals surface area contributed by atoms with Gasteiger partial charge in [0.2, 0.25) is 12.2 Å². The van der Waals surface area contributed by atoms with E-state index in [-0.39, 0.29) is 29.8 Å². The van der Waals surface area contributed by atoms with Gasteiger partial charge in [-0.3, -0.25) is 14.4 Å². The fourth-order valence-electron chi connectivity index (χ4n) is 3.13. The quantitative estimate of drug-likeness (QED) is 0.505. The van der Waals surface area contributed by atoms with Gasteiger partial charge in [0.1, 0.15) is 0 Å². The first-order valence-electron chi connectivity index (χ1n) is 8.95. The van der Waals surface area contributed by atoms with Gasteiger partial charge in [-0.15, -0.1) is 0 Å². The normalized spacial score (nSPS) is 29.5. The molecule has 1 N–H and O–H groups in total. The van der Waals surface area contributed by atoms with E-state index in [0.29, 0.717) is 19.8 Å². The summed E-state index contributed by atoms with van der Waals surface area (Å²) in [4.78, 5) is 33.6. The highest BCUT2D eigenvalue weighted by atomic mass is 16.7. The first kappa shape index (κ1) is 22.4. The van der Waals surface area contributed by atoms with Crippen molar-refractivity contribution < 1.29 is 33.3 Å². The van der Waals surface area contributed by atoms with E-state index >= 15 is 0 Å². The third-order valence-electron chi connectivity index (χ3n) is 4.57. The monoisotopic (exact) mass is 373 g/mol. The van der Waals surface area contributed by atoms with E-state index in [2.05, 4.69) is 5.32 Å². The van der Waals surface area contributed by atoms with Crippen molar-refractivity contribution in [2.45, 2.75) is 60.0 Å². The maximum Gasteiger partial charge on any atom is 0.305 e. The highest BCUT2D eigenvalue weighted by Gasteiger charge is 2.46. The lowest BCUT2D eigenvalue weighted by Gasteiger charge is -2.45. The van der Waals surface area contributed by atoms with E-state index < -0.39 is 24.3 Å². The molecule has 0 aromatic rings. The minimum atomic E-state index is -0.936. The molecule has 1 aliphatic heterocycles. The van der Waals surface area contributed by atoms with Crippen LogP contribution in [0.1, 0.15) is 41.5 Å². The molecule has 1 rings (SSSR count). The zero-order valence-corrected chi connectivity index (χ0v) is 16.4. The Balaban J connectivity index is 2.68. The number of nitrogens with one attached hydrogen (secondary N) is 1. The first-order valence-corrected chi connectivity index (χ1v) is 8.95. The minimum absolute atomic E-state index is 0.0288. The van der Waals surface area contributed by atoms with Crippen LogP contribution >= 0.6 is 0 Å². The number of amides is 1. The molecule has 6 atom stereocenters. The number of carbonyl (C=O) groups excluding carboxylic acids is 3. The molecule has 1 heterocycles. The molecule has 8 nitrogen and oxygen atoms in total. The van der Waals surface area contributed by atoms with Gasteiger partial charge >= 0.3 is 11.9 Å². The lowest BCUT2D eigenvalue weighted by atomic mass is 9.79.